The van der Waals surface area contributed by atoms with E-state index in [0.29, 0.717) is 0 Å². The second kappa shape index (κ2) is 8.16. The van der Waals surface area contributed by atoms with Crippen molar-refractivity contribution in [1.82, 2.24) is 0 Å². The molecule has 1 aromatic rings. The average Bonchev–Trinajstić information content (AvgIpc) is 2.74. The molecule has 0 fully saturated rings. The molecule has 0 nitrogen and oxygen atoms in total. The summed E-state index contributed by atoms with van der Waals surface area (Å²) in [4.78, 5) is 2.59. The van der Waals surface area contributed by atoms with E-state index in [9.17, 15) is 0 Å². The highest BCUT2D eigenvalue weighted by Gasteiger charge is 2.21. The Balaban J connectivity index is 1.64. The van der Waals surface area contributed by atoms with E-state index in [2.05, 4.69) is 31.2 Å². The number of hydrogen-bond acceptors (Lipinski definition) is 2. The van der Waals surface area contributed by atoms with Crippen LogP contribution in [0.15, 0.2) is 34.1 Å². The Morgan fingerprint density at radius 2 is 1.50 bits per heavy atom. The first-order valence-corrected chi connectivity index (χ1v) is 8.84. The van der Waals surface area contributed by atoms with Crippen molar-refractivity contribution in [3.05, 3.63) is 24.3 Å². The first-order chi connectivity index (χ1) is 9.23. The Hall–Kier alpha value is -0.0800. The second-order valence-corrected chi connectivity index (χ2v) is 7.43. The molecule has 18 heavy (non-hydrogen) atoms. The largest absolute Gasteiger partial charge is 0.110 e. The van der Waals surface area contributed by atoms with Gasteiger partial charge in [-0.2, -0.15) is 0 Å². The molecule has 0 saturated carbocycles. The van der Waals surface area contributed by atoms with Crippen molar-refractivity contribution >= 4 is 23.5 Å². The van der Waals surface area contributed by atoms with Crippen molar-refractivity contribution in [1.29, 1.82) is 0 Å². The minimum absolute atomic E-state index is 0.368. The maximum Gasteiger partial charge on any atom is 0.0597 e. The van der Waals surface area contributed by atoms with Gasteiger partial charge in [0.05, 0.1) is 5.93 Å². The monoisotopic (exact) mass is 281 g/mol. The smallest absolute Gasteiger partial charge is 0.0597 e. The molecule has 1 aliphatic rings. The number of rotatable bonds is 8. The van der Waals surface area contributed by atoms with E-state index in [4.69, 9.17) is 1.37 Å². The molecular weight excluding hydrogens is 256 g/mol. The quantitative estimate of drug-likeness (QED) is 0.509. The normalized spacial score (nSPS) is 17.5. The lowest BCUT2D eigenvalue weighted by molar-refractivity contribution is 0.584. The number of thioether (sulfide) groups is 2. The Morgan fingerprint density at radius 1 is 0.944 bits per heavy atom. The van der Waals surface area contributed by atoms with Gasteiger partial charge in [-0.25, -0.2) is 0 Å². The molecule has 0 aliphatic carbocycles. The molecule has 0 atom stereocenters. The lowest BCUT2D eigenvalue weighted by Crippen LogP contribution is -1.91. The van der Waals surface area contributed by atoms with Gasteiger partial charge >= 0.3 is 0 Å². The molecule has 1 aromatic carbocycles. The molecular formula is C16H24S2. The molecule has 1 aliphatic heterocycles. The van der Waals surface area contributed by atoms with Crippen LogP contribution in [0.25, 0.3) is 0 Å². The Labute approximate surface area is 122 Å². The highest BCUT2D eigenvalue weighted by Crippen LogP contribution is 2.49. The topological polar surface area (TPSA) is 0 Å². The van der Waals surface area contributed by atoms with Crippen LogP contribution in [0.2, 0.25) is 0 Å². The Bertz CT molecular complexity index is 367. The van der Waals surface area contributed by atoms with E-state index >= 15 is 0 Å². The molecule has 0 unspecified atom stereocenters. The van der Waals surface area contributed by atoms with Crippen LogP contribution in [0.5, 0.6) is 0 Å². The zero-order valence-corrected chi connectivity index (χ0v) is 12.9. The molecule has 0 saturated heterocycles. The molecule has 0 amide bonds. The molecule has 100 valence electrons. The van der Waals surface area contributed by atoms with Gasteiger partial charge in [0, 0.05) is 9.79 Å². The lowest BCUT2D eigenvalue weighted by Gasteiger charge is -2.07. The zero-order valence-electron chi connectivity index (χ0n) is 12.3. The fourth-order valence-electron chi connectivity index (χ4n) is 2.21. The maximum atomic E-state index is 8.54. The molecule has 0 radical (unpaired) electrons. The predicted octanol–water partition coefficient (Wildman–Crippen LogP) is 6.35. The van der Waals surface area contributed by atoms with Gasteiger partial charge in [0.15, 0.2) is 0 Å². The second-order valence-electron chi connectivity index (χ2n) is 4.89. The lowest BCUT2D eigenvalue weighted by atomic mass is 10.1. The summed E-state index contributed by atoms with van der Waals surface area (Å²) in [7, 11) is 0. The van der Waals surface area contributed by atoms with Gasteiger partial charge in [0.1, 0.15) is 0 Å². The van der Waals surface area contributed by atoms with Crippen molar-refractivity contribution < 1.29 is 1.37 Å². The number of benzene rings is 1. The van der Waals surface area contributed by atoms with Crippen molar-refractivity contribution in [2.75, 3.05) is 0 Å². The standard InChI is InChI=1S/C16H24S2/c1-2-3-4-5-6-7-8-13-16-17-14-11-9-10-12-15(14)18-16/h9-12,16H,2-8,13H2,1H3/i16D. The van der Waals surface area contributed by atoms with Crippen LogP contribution in [0.4, 0.5) is 0 Å². The minimum atomic E-state index is -0.368. The summed E-state index contributed by atoms with van der Waals surface area (Å²) in [5, 5.41) is 0. The first-order valence-electron chi connectivity index (χ1n) is 7.70. The SMILES string of the molecule is [2H]C1(CCCCCCCCC)Sc2ccccc2S1. The molecule has 2 heteroatoms. The van der Waals surface area contributed by atoms with Gasteiger partial charge in [-0.1, -0.05) is 64.0 Å². The molecule has 0 aromatic heterocycles. The van der Waals surface area contributed by atoms with Gasteiger partial charge in [0.2, 0.25) is 0 Å². The highest BCUT2D eigenvalue weighted by molar-refractivity contribution is 8.19. The van der Waals surface area contributed by atoms with Crippen molar-refractivity contribution in [2.45, 2.75) is 72.6 Å². The van der Waals surface area contributed by atoms with Crippen LogP contribution in [0.1, 0.15) is 59.7 Å². The third kappa shape index (κ3) is 4.55. The minimum Gasteiger partial charge on any atom is -0.110 e. The van der Waals surface area contributed by atoms with Crippen LogP contribution >= 0.6 is 23.5 Å². The third-order valence-corrected chi connectivity index (χ3v) is 5.93. The Kier molecular flexibility index (Phi) is 5.86. The fourth-order valence-corrected chi connectivity index (χ4v) is 4.78. The van der Waals surface area contributed by atoms with Crippen molar-refractivity contribution in [3.63, 3.8) is 0 Å². The fraction of sp³-hybridized carbons (Fsp3) is 0.625. The number of hydrogen-bond donors (Lipinski definition) is 0. The predicted molar refractivity (Wildman–Crippen MR) is 84.6 cm³/mol. The van der Waals surface area contributed by atoms with E-state index in [-0.39, 0.29) is 4.56 Å². The molecule has 2 rings (SSSR count). The van der Waals surface area contributed by atoms with Crippen LogP contribution in [0, 0.1) is 0 Å². The summed E-state index contributed by atoms with van der Waals surface area (Å²) in [6.45, 7) is 2.26. The van der Waals surface area contributed by atoms with Crippen molar-refractivity contribution in [3.8, 4) is 0 Å². The van der Waals surface area contributed by atoms with Gasteiger partial charge in [-0.15, -0.1) is 23.5 Å². The Morgan fingerprint density at radius 3 is 2.11 bits per heavy atom. The third-order valence-electron chi connectivity index (χ3n) is 3.28. The summed E-state index contributed by atoms with van der Waals surface area (Å²) in [5.41, 5.74) is 0. The summed E-state index contributed by atoms with van der Waals surface area (Å²) in [6.07, 6.45) is 10.3. The summed E-state index contributed by atoms with van der Waals surface area (Å²) >= 11 is 3.48. The van der Waals surface area contributed by atoms with Crippen LogP contribution in [-0.2, 0) is 0 Å². The van der Waals surface area contributed by atoms with Gasteiger partial charge in [0.25, 0.3) is 0 Å². The van der Waals surface area contributed by atoms with Crippen molar-refractivity contribution in [2.24, 2.45) is 0 Å². The van der Waals surface area contributed by atoms with E-state index in [1.807, 2.05) is 0 Å². The van der Waals surface area contributed by atoms with E-state index in [1.165, 1.54) is 54.7 Å². The van der Waals surface area contributed by atoms with Gasteiger partial charge in [-0.05, 0) is 18.6 Å². The summed E-state index contributed by atoms with van der Waals surface area (Å²) < 4.78 is 8.17. The molecule has 0 N–H and O–H groups in total. The van der Waals surface area contributed by atoms with Crippen LogP contribution < -0.4 is 0 Å². The average molecular weight is 282 g/mol. The molecule has 0 bridgehead atoms. The molecule has 1 heterocycles. The zero-order chi connectivity index (χ0) is 13.6. The van der Waals surface area contributed by atoms with E-state index in [0.717, 1.165) is 6.42 Å². The van der Waals surface area contributed by atoms with Gasteiger partial charge in [-0.3, -0.25) is 0 Å². The van der Waals surface area contributed by atoms with E-state index < -0.39 is 0 Å². The number of fused-ring (bicyclic) bond motifs is 1. The van der Waals surface area contributed by atoms with Crippen LogP contribution in [0.3, 0.4) is 0 Å². The first kappa shape index (κ1) is 12.9. The summed E-state index contributed by atoms with van der Waals surface area (Å²) in [5.74, 6) is 0. The van der Waals surface area contributed by atoms with Gasteiger partial charge < -0.3 is 0 Å². The maximum absolute atomic E-state index is 8.54. The summed E-state index contributed by atoms with van der Waals surface area (Å²) in [6, 6.07) is 8.44. The van der Waals surface area contributed by atoms with Crippen LogP contribution in [-0.4, -0.2) is 4.56 Å². The van der Waals surface area contributed by atoms with E-state index in [1.54, 1.807) is 23.5 Å². The highest BCUT2D eigenvalue weighted by atomic mass is 32.2. The number of unbranched alkanes of at least 4 members (excludes halogenated alkanes) is 6. The molecule has 0 spiro atoms.